The molecule has 0 radical (unpaired) electrons. The van der Waals surface area contributed by atoms with Crippen LogP contribution in [0.5, 0.6) is 0 Å². The smallest absolute Gasteiger partial charge is 0.184 e. The number of benzene rings is 2. The number of fused-ring (bicyclic) bond motifs is 1. The number of hydrogen-bond donors (Lipinski definition) is 0. The third-order valence-corrected chi connectivity index (χ3v) is 4.82. The van der Waals surface area contributed by atoms with Gasteiger partial charge in [0.25, 0.3) is 0 Å². The molecule has 2 aromatic rings. The molecule has 0 aromatic heterocycles. The first-order chi connectivity index (χ1) is 12.8. The molecule has 138 valence electrons. The van der Waals surface area contributed by atoms with Crippen LogP contribution in [0.15, 0.2) is 60.7 Å². The Labute approximate surface area is 153 Å². The highest BCUT2D eigenvalue weighted by Gasteiger charge is 2.45. The van der Waals surface area contributed by atoms with E-state index in [0.717, 1.165) is 11.1 Å². The third kappa shape index (κ3) is 3.98. The van der Waals surface area contributed by atoms with Crippen molar-refractivity contribution in [2.24, 2.45) is 0 Å². The Morgan fingerprint density at radius 2 is 1.69 bits per heavy atom. The molecular formula is C21H24O5. The largest absolute Gasteiger partial charge is 0.371 e. The molecule has 0 amide bonds. The van der Waals surface area contributed by atoms with Crippen molar-refractivity contribution in [1.29, 1.82) is 0 Å². The van der Waals surface area contributed by atoms with Gasteiger partial charge in [0.15, 0.2) is 12.6 Å². The minimum atomic E-state index is -0.400. The third-order valence-electron chi connectivity index (χ3n) is 4.82. The van der Waals surface area contributed by atoms with Gasteiger partial charge in [-0.3, -0.25) is 0 Å². The summed E-state index contributed by atoms with van der Waals surface area (Å²) in [5.41, 5.74) is 2.14. The molecule has 0 aliphatic carbocycles. The van der Waals surface area contributed by atoms with Crippen LogP contribution >= 0.6 is 0 Å². The normalized spacial score (nSPS) is 31.3. The van der Waals surface area contributed by atoms with Crippen LogP contribution in [0, 0.1) is 0 Å². The predicted molar refractivity (Wildman–Crippen MR) is 95.3 cm³/mol. The number of methoxy groups -OCH3 is 1. The van der Waals surface area contributed by atoms with E-state index >= 15 is 0 Å². The van der Waals surface area contributed by atoms with Gasteiger partial charge in [0.05, 0.1) is 19.3 Å². The van der Waals surface area contributed by atoms with Gasteiger partial charge in [-0.15, -0.1) is 0 Å². The Bertz CT molecular complexity index is 677. The lowest BCUT2D eigenvalue weighted by molar-refractivity contribution is -0.339. The van der Waals surface area contributed by atoms with Gasteiger partial charge in [-0.2, -0.15) is 0 Å². The maximum atomic E-state index is 6.24. The summed E-state index contributed by atoms with van der Waals surface area (Å²) in [6, 6.07) is 20.1. The second-order valence-electron chi connectivity index (χ2n) is 6.59. The fraction of sp³-hybridized carbons (Fsp3) is 0.429. The molecule has 2 aliphatic rings. The minimum Gasteiger partial charge on any atom is -0.371 e. The fourth-order valence-corrected chi connectivity index (χ4v) is 3.44. The van der Waals surface area contributed by atoms with Gasteiger partial charge < -0.3 is 23.7 Å². The summed E-state index contributed by atoms with van der Waals surface area (Å²) in [6.07, 6.45) is -0.584. The fourth-order valence-electron chi connectivity index (χ4n) is 3.44. The first kappa shape index (κ1) is 17.6. The topological polar surface area (TPSA) is 46.2 Å². The van der Waals surface area contributed by atoms with Crippen molar-refractivity contribution in [3.63, 3.8) is 0 Å². The summed E-state index contributed by atoms with van der Waals surface area (Å²) < 4.78 is 29.7. The number of ether oxygens (including phenoxy) is 5. The Hall–Kier alpha value is -1.76. The van der Waals surface area contributed by atoms with E-state index in [-0.39, 0.29) is 24.6 Å². The van der Waals surface area contributed by atoms with Crippen LogP contribution in [0.3, 0.4) is 0 Å². The molecule has 5 nitrogen and oxygen atoms in total. The van der Waals surface area contributed by atoms with Gasteiger partial charge in [-0.05, 0) is 5.56 Å². The van der Waals surface area contributed by atoms with Gasteiger partial charge in [0, 0.05) is 19.1 Å². The highest BCUT2D eigenvalue weighted by Crippen LogP contribution is 2.35. The van der Waals surface area contributed by atoms with Crippen LogP contribution in [0.2, 0.25) is 0 Å². The van der Waals surface area contributed by atoms with Crippen molar-refractivity contribution in [1.82, 2.24) is 0 Å². The highest BCUT2D eigenvalue weighted by molar-refractivity contribution is 5.17. The molecule has 2 unspecified atom stereocenters. The van der Waals surface area contributed by atoms with E-state index < -0.39 is 6.29 Å². The molecule has 0 bridgehead atoms. The molecule has 5 heteroatoms. The van der Waals surface area contributed by atoms with Gasteiger partial charge in [-0.25, -0.2) is 0 Å². The zero-order valence-corrected chi connectivity index (χ0v) is 14.8. The van der Waals surface area contributed by atoms with Crippen LogP contribution < -0.4 is 0 Å². The highest BCUT2D eigenvalue weighted by atomic mass is 16.7. The van der Waals surface area contributed by atoms with E-state index in [1.165, 1.54) is 0 Å². The van der Waals surface area contributed by atoms with Crippen LogP contribution in [-0.4, -0.2) is 38.3 Å². The van der Waals surface area contributed by atoms with E-state index in [1.807, 2.05) is 48.5 Å². The van der Waals surface area contributed by atoms with Crippen molar-refractivity contribution < 1.29 is 23.7 Å². The molecule has 26 heavy (non-hydrogen) atoms. The van der Waals surface area contributed by atoms with E-state index in [0.29, 0.717) is 19.6 Å². The second kappa shape index (κ2) is 8.29. The molecule has 2 fully saturated rings. The van der Waals surface area contributed by atoms with Crippen molar-refractivity contribution in [2.45, 2.75) is 43.9 Å². The SMILES string of the molecule is COC1C[C@H](OCc2ccccc2)[C@H]2OC(c3ccccc3)OC[C@H]2O1. The Balaban J connectivity index is 1.47. The predicted octanol–water partition coefficient (Wildman–Crippen LogP) is 3.45. The summed E-state index contributed by atoms with van der Waals surface area (Å²) in [6.45, 7) is 0.987. The molecule has 0 N–H and O–H groups in total. The van der Waals surface area contributed by atoms with Gasteiger partial charge >= 0.3 is 0 Å². The van der Waals surface area contributed by atoms with Crippen molar-refractivity contribution in [2.75, 3.05) is 13.7 Å². The van der Waals surface area contributed by atoms with E-state index in [1.54, 1.807) is 7.11 Å². The molecule has 0 saturated carbocycles. The Morgan fingerprint density at radius 1 is 0.962 bits per heavy atom. The lowest BCUT2D eigenvalue weighted by Crippen LogP contribution is -2.55. The lowest BCUT2D eigenvalue weighted by Gasteiger charge is -2.45. The average Bonchev–Trinajstić information content (AvgIpc) is 2.72. The molecule has 0 spiro atoms. The van der Waals surface area contributed by atoms with Crippen LogP contribution in [0.25, 0.3) is 0 Å². The maximum absolute atomic E-state index is 6.24. The Kier molecular flexibility index (Phi) is 5.62. The zero-order chi connectivity index (χ0) is 17.8. The lowest BCUT2D eigenvalue weighted by atomic mass is 10.00. The first-order valence-electron chi connectivity index (χ1n) is 8.99. The first-order valence-corrected chi connectivity index (χ1v) is 8.99. The Morgan fingerprint density at radius 3 is 2.42 bits per heavy atom. The van der Waals surface area contributed by atoms with Gasteiger partial charge in [-0.1, -0.05) is 60.7 Å². The van der Waals surface area contributed by atoms with Crippen molar-refractivity contribution in [3.8, 4) is 0 Å². The van der Waals surface area contributed by atoms with E-state index in [4.69, 9.17) is 23.7 Å². The van der Waals surface area contributed by atoms with E-state index in [9.17, 15) is 0 Å². The van der Waals surface area contributed by atoms with Crippen LogP contribution in [0.4, 0.5) is 0 Å². The molecule has 2 saturated heterocycles. The molecular weight excluding hydrogens is 332 g/mol. The molecule has 2 heterocycles. The quantitative estimate of drug-likeness (QED) is 0.821. The second-order valence-corrected chi connectivity index (χ2v) is 6.59. The monoisotopic (exact) mass is 356 g/mol. The average molecular weight is 356 g/mol. The van der Waals surface area contributed by atoms with Crippen molar-refractivity contribution in [3.05, 3.63) is 71.8 Å². The summed E-state index contributed by atoms with van der Waals surface area (Å²) >= 11 is 0. The van der Waals surface area contributed by atoms with Crippen LogP contribution in [0.1, 0.15) is 23.8 Å². The number of rotatable bonds is 5. The summed E-state index contributed by atoms with van der Waals surface area (Å²) in [7, 11) is 1.65. The van der Waals surface area contributed by atoms with Gasteiger partial charge in [0.2, 0.25) is 0 Å². The molecule has 2 aromatic carbocycles. The summed E-state index contributed by atoms with van der Waals surface area (Å²) in [5, 5.41) is 0. The van der Waals surface area contributed by atoms with Crippen LogP contribution in [-0.2, 0) is 30.3 Å². The maximum Gasteiger partial charge on any atom is 0.184 e. The number of hydrogen-bond acceptors (Lipinski definition) is 5. The molecule has 2 aliphatic heterocycles. The minimum absolute atomic E-state index is 0.117. The summed E-state index contributed by atoms with van der Waals surface area (Å²) in [4.78, 5) is 0. The van der Waals surface area contributed by atoms with Crippen molar-refractivity contribution >= 4 is 0 Å². The summed E-state index contributed by atoms with van der Waals surface area (Å²) in [5.74, 6) is 0. The molecule has 4 rings (SSSR count). The molecule has 5 atom stereocenters. The van der Waals surface area contributed by atoms with E-state index in [2.05, 4.69) is 12.1 Å². The standard InChI is InChI=1S/C21H24O5/c1-22-19-12-17(23-13-15-8-4-2-5-9-15)20-18(25-19)14-24-21(26-20)16-10-6-3-7-11-16/h2-11,17-21H,12-14H2,1H3/t17-,18+,19?,20+,21?/m0/s1. The van der Waals surface area contributed by atoms with Gasteiger partial charge in [0.1, 0.15) is 12.2 Å². The zero-order valence-electron chi connectivity index (χ0n) is 14.8.